The molecule has 0 N–H and O–H groups in total. The lowest BCUT2D eigenvalue weighted by molar-refractivity contribution is 0.701. The zero-order chi connectivity index (χ0) is 8.39. The van der Waals surface area contributed by atoms with Gasteiger partial charge in [0, 0.05) is 19.4 Å². The highest BCUT2D eigenvalue weighted by Gasteiger charge is 1.99. The van der Waals surface area contributed by atoms with Gasteiger partial charge in [-0.15, -0.1) is 10.2 Å². The lowest BCUT2D eigenvalue weighted by Crippen LogP contribution is -2.03. The van der Waals surface area contributed by atoms with E-state index in [4.69, 9.17) is 0 Å². The van der Waals surface area contributed by atoms with Gasteiger partial charge in [-0.1, -0.05) is 0 Å². The van der Waals surface area contributed by atoms with Crippen LogP contribution in [0.25, 0.3) is 0 Å². The molecule has 0 bridgehead atoms. The standard InChI is InChI=1S/C8H10N4/c1-11-7-9-10-8(11)6-12-4-2-3-5-12/h2-5,7H,6H2,1H3. The van der Waals surface area contributed by atoms with Crippen LogP contribution in [0.4, 0.5) is 0 Å². The van der Waals surface area contributed by atoms with Gasteiger partial charge in [0.05, 0.1) is 6.54 Å². The van der Waals surface area contributed by atoms with Crippen LogP contribution in [0.5, 0.6) is 0 Å². The molecule has 2 rings (SSSR count). The third-order valence-corrected chi connectivity index (χ3v) is 1.80. The molecule has 0 radical (unpaired) electrons. The van der Waals surface area contributed by atoms with Gasteiger partial charge >= 0.3 is 0 Å². The second-order valence-corrected chi connectivity index (χ2v) is 2.71. The molecule has 2 aromatic heterocycles. The molecule has 0 spiro atoms. The van der Waals surface area contributed by atoms with Gasteiger partial charge in [-0.2, -0.15) is 0 Å². The number of hydrogen-bond acceptors (Lipinski definition) is 2. The molecule has 0 saturated carbocycles. The van der Waals surface area contributed by atoms with E-state index in [1.165, 1.54) is 0 Å². The normalized spacial score (nSPS) is 10.4. The highest BCUT2D eigenvalue weighted by atomic mass is 15.3. The molecular weight excluding hydrogens is 152 g/mol. The predicted octanol–water partition coefficient (Wildman–Crippen LogP) is 0.665. The first-order chi connectivity index (χ1) is 5.86. The Kier molecular flexibility index (Phi) is 1.66. The Morgan fingerprint density at radius 1 is 1.33 bits per heavy atom. The van der Waals surface area contributed by atoms with Crippen LogP contribution in [0, 0.1) is 0 Å². The van der Waals surface area contributed by atoms with Gasteiger partial charge in [-0.3, -0.25) is 0 Å². The van der Waals surface area contributed by atoms with Crippen molar-refractivity contribution in [2.24, 2.45) is 7.05 Å². The van der Waals surface area contributed by atoms with E-state index in [-0.39, 0.29) is 0 Å². The summed E-state index contributed by atoms with van der Waals surface area (Å²) in [6.45, 7) is 0.781. The van der Waals surface area contributed by atoms with Crippen molar-refractivity contribution in [2.45, 2.75) is 6.54 Å². The average molecular weight is 162 g/mol. The quantitative estimate of drug-likeness (QED) is 0.650. The fourth-order valence-corrected chi connectivity index (χ4v) is 1.09. The summed E-state index contributed by atoms with van der Waals surface area (Å²) in [7, 11) is 1.94. The Hall–Kier alpha value is -1.58. The molecule has 62 valence electrons. The Balaban J connectivity index is 2.20. The molecule has 0 atom stereocenters. The Morgan fingerprint density at radius 2 is 2.08 bits per heavy atom. The van der Waals surface area contributed by atoms with Crippen molar-refractivity contribution in [3.05, 3.63) is 36.7 Å². The third kappa shape index (κ3) is 1.23. The van der Waals surface area contributed by atoms with E-state index >= 15 is 0 Å². The molecule has 0 saturated heterocycles. The minimum atomic E-state index is 0.781. The molecule has 0 unspecified atom stereocenters. The summed E-state index contributed by atoms with van der Waals surface area (Å²) in [5.74, 6) is 0.964. The Labute approximate surface area is 70.5 Å². The van der Waals surface area contributed by atoms with Crippen molar-refractivity contribution in [3.63, 3.8) is 0 Å². The van der Waals surface area contributed by atoms with Crippen molar-refractivity contribution in [2.75, 3.05) is 0 Å². The number of rotatable bonds is 2. The zero-order valence-corrected chi connectivity index (χ0v) is 6.88. The maximum absolute atomic E-state index is 3.98. The molecule has 0 aliphatic rings. The second kappa shape index (κ2) is 2.81. The van der Waals surface area contributed by atoms with Crippen LogP contribution in [0.2, 0.25) is 0 Å². The van der Waals surface area contributed by atoms with E-state index < -0.39 is 0 Å². The van der Waals surface area contributed by atoms with Crippen LogP contribution in [-0.2, 0) is 13.6 Å². The van der Waals surface area contributed by atoms with Gasteiger partial charge < -0.3 is 9.13 Å². The van der Waals surface area contributed by atoms with E-state index in [0.717, 1.165) is 12.4 Å². The summed E-state index contributed by atoms with van der Waals surface area (Å²) in [4.78, 5) is 0. The van der Waals surface area contributed by atoms with Crippen molar-refractivity contribution < 1.29 is 0 Å². The van der Waals surface area contributed by atoms with Crippen molar-refractivity contribution in [3.8, 4) is 0 Å². The summed E-state index contributed by atoms with van der Waals surface area (Å²) in [5.41, 5.74) is 0. The van der Waals surface area contributed by atoms with Crippen LogP contribution < -0.4 is 0 Å². The van der Waals surface area contributed by atoms with Crippen LogP contribution >= 0.6 is 0 Å². The first-order valence-electron chi connectivity index (χ1n) is 3.80. The van der Waals surface area contributed by atoms with Crippen molar-refractivity contribution >= 4 is 0 Å². The number of aromatic nitrogens is 4. The molecule has 2 heterocycles. The fraction of sp³-hybridized carbons (Fsp3) is 0.250. The van der Waals surface area contributed by atoms with Crippen molar-refractivity contribution in [1.29, 1.82) is 0 Å². The predicted molar refractivity (Wildman–Crippen MR) is 44.5 cm³/mol. The van der Waals surface area contributed by atoms with Crippen LogP contribution in [0.15, 0.2) is 30.9 Å². The minimum absolute atomic E-state index is 0.781. The van der Waals surface area contributed by atoms with Gasteiger partial charge in [0.2, 0.25) is 0 Å². The molecule has 0 aliphatic heterocycles. The Bertz CT molecular complexity index is 347. The monoisotopic (exact) mass is 162 g/mol. The number of nitrogens with zero attached hydrogens (tertiary/aromatic N) is 4. The third-order valence-electron chi connectivity index (χ3n) is 1.80. The van der Waals surface area contributed by atoms with Gasteiger partial charge in [-0.25, -0.2) is 0 Å². The van der Waals surface area contributed by atoms with E-state index in [0.29, 0.717) is 0 Å². The summed E-state index contributed by atoms with van der Waals surface area (Å²) in [6, 6.07) is 3.99. The first kappa shape index (κ1) is 7.09. The largest absolute Gasteiger partial charge is 0.347 e. The summed E-state index contributed by atoms with van der Waals surface area (Å²) < 4.78 is 3.98. The maximum atomic E-state index is 3.98. The highest BCUT2D eigenvalue weighted by molar-refractivity contribution is 4.95. The molecule has 0 aliphatic carbocycles. The smallest absolute Gasteiger partial charge is 0.152 e. The molecule has 4 nitrogen and oxygen atoms in total. The van der Waals surface area contributed by atoms with Gasteiger partial charge in [0.15, 0.2) is 5.82 Å². The molecule has 0 amide bonds. The number of hydrogen-bond donors (Lipinski definition) is 0. The highest BCUT2D eigenvalue weighted by Crippen LogP contribution is 1.97. The molecule has 12 heavy (non-hydrogen) atoms. The maximum Gasteiger partial charge on any atom is 0.152 e. The summed E-state index contributed by atoms with van der Waals surface area (Å²) in [6.07, 6.45) is 5.72. The topological polar surface area (TPSA) is 35.6 Å². The van der Waals surface area contributed by atoms with Gasteiger partial charge in [0.1, 0.15) is 6.33 Å². The minimum Gasteiger partial charge on any atom is -0.347 e. The average Bonchev–Trinajstić information content (AvgIpc) is 2.65. The van der Waals surface area contributed by atoms with Crippen molar-refractivity contribution in [1.82, 2.24) is 19.3 Å². The Morgan fingerprint density at radius 3 is 2.67 bits per heavy atom. The molecule has 2 aromatic rings. The molecule has 0 aromatic carbocycles. The van der Waals surface area contributed by atoms with Crippen LogP contribution in [0.3, 0.4) is 0 Å². The van der Waals surface area contributed by atoms with E-state index in [1.54, 1.807) is 6.33 Å². The summed E-state index contributed by atoms with van der Waals surface area (Å²) >= 11 is 0. The van der Waals surface area contributed by atoms with E-state index in [1.807, 2.05) is 36.1 Å². The van der Waals surface area contributed by atoms with Crippen LogP contribution in [-0.4, -0.2) is 19.3 Å². The molecule has 4 heteroatoms. The lowest BCUT2D eigenvalue weighted by atomic mass is 10.6. The first-order valence-corrected chi connectivity index (χ1v) is 3.80. The number of aryl methyl sites for hydroxylation is 1. The van der Waals surface area contributed by atoms with E-state index in [9.17, 15) is 0 Å². The fourth-order valence-electron chi connectivity index (χ4n) is 1.09. The van der Waals surface area contributed by atoms with Crippen LogP contribution in [0.1, 0.15) is 5.82 Å². The SMILES string of the molecule is Cn1cnnc1Cn1cccc1. The van der Waals surface area contributed by atoms with Gasteiger partial charge in [0.25, 0.3) is 0 Å². The lowest BCUT2D eigenvalue weighted by Gasteiger charge is -2.00. The summed E-state index contributed by atoms with van der Waals surface area (Å²) in [5, 5.41) is 7.78. The zero-order valence-electron chi connectivity index (χ0n) is 6.88. The molecule has 0 fully saturated rings. The van der Waals surface area contributed by atoms with E-state index in [2.05, 4.69) is 14.8 Å². The van der Waals surface area contributed by atoms with Gasteiger partial charge in [-0.05, 0) is 12.1 Å². The molecular formula is C8H10N4. The second-order valence-electron chi connectivity index (χ2n) is 2.71.